The molecule has 21 heavy (non-hydrogen) atoms. The van der Waals surface area contributed by atoms with Gasteiger partial charge in [0.25, 0.3) is 5.56 Å². The zero-order valence-corrected chi connectivity index (χ0v) is 11.8. The summed E-state index contributed by atoms with van der Waals surface area (Å²) in [6.45, 7) is 2.29. The molecule has 2 heterocycles. The first-order valence-corrected chi connectivity index (χ1v) is 6.98. The second-order valence-corrected chi connectivity index (χ2v) is 5.50. The fourth-order valence-corrected chi connectivity index (χ4v) is 2.53. The van der Waals surface area contributed by atoms with Gasteiger partial charge >= 0.3 is 5.97 Å². The van der Waals surface area contributed by atoms with Crippen molar-refractivity contribution in [3.05, 3.63) is 46.0 Å². The van der Waals surface area contributed by atoms with Gasteiger partial charge in [0, 0.05) is 24.8 Å². The Bertz CT molecular complexity index is 749. The van der Waals surface area contributed by atoms with Crippen LogP contribution in [0.3, 0.4) is 0 Å². The summed E-state index contributed by atoms with van der Waals surface area (Å²) in [6, 6.07) is 5.51. The highest BCUT2D eigenvalue weighted by atomic mass is 16.4. The molecule has 1 fully saturated rings. The second kappa shape index (κ2) is 5.29. The van der Waals surface area contributed by atoms with Crippen LogP contribution >= 0.6 is 0 Å². The van der Waals surface area contributed by atoms with Crippen molar-refractivity contribution in [3.63, 3.8) is 0 Å². The molecule has 0 amide bonds. The Kier molecular flexibility index (Phi) is 3.47. The Morgan fingerprint density at radius 3 is 2.95 bits per heavy atom. The van der Waals surface area contributed by atoms with E-state index in [4.69, 9.17) is 5.11 Å². The van der Waals surface area contributed by atoms with E-state index in [1.165, 1.54) is 10.5 Å². The molecule has 0 aromatic carbocycles. The SMILES string of the molecule is Cc1cccn2c(=O)cc(CN(CC(=O)O)C3CC3)nc12. The Hall–Kier alpha value is -2.21. The maximum absolute atomic E-state index is 12.1. The molecule has 6 nitrogen and oxygen atoms in total. The maximum atomic E-state index is 12.1. The van der Waals surface area contributed by atoms with Crippen molar-refractivity contribution < 1.29 is 9.90 Å². The molecule has 0 saturated heterocycles. The van der Waals surface area contributed by atoms with Crippen LogP contribution in [0.15, 0.2) is 29.2 Å². The number of hydrogen-bond acceptors (Lipinski definition) is 4. The first kappa shape index (κ1) is 13.8. The van der Waals surface area contributed by atoms with Crippen molar-refractivity contribution in [1.82, 2.24) is 14.3 Å². The molecule has 0 spiro atoms. The third kappa shape index (κ3) is 2.95. The highest BCUT2D eigenvalue weighted by Gasteiger charge is 2.30. The van der Waals surface area contributed by atoms with Gasteiger partial charge in [-0.2, -0.15) is 0 Å². The molecule has 2 aromatic heterocycles. The molecule has 1 aliphatic rings. The molecule has 2 aromatic rings. The van der Waals surface area contributed by atoms with Crippen LogP contribution in [0.4, 0.5) is 0 Å². The molecule has 0 unspecified atom stereocenters. The van der Waals surface area contributed by atoms with Crippen molar-refractivity contribution in [2.45, 2.75) is 32.4 Å². The quantitative estimate of drug-likeness (QED) is 0.889. The number of carboxylic acid groups (broad SMARTS) is 1. The zero-order valence-electron chi connectivity index (χ0n) is 11.8. The Balaban J connectivity index is 1.94. The van der Waals surface area contributed by atoms with E-state index in [-0.39, 0.29) is 12.1 Å². The molecular formula is C15H17N3O3. The van der Waals surface area contributed by atoms with Crippen LogP contribution in [-0.4, -0.2) is 37.9 Å². The van der Waals surface area contributed by atoms with Crippen LogP contribution < -0.4 is 5.56 Å². The van der Waals surface area contributed by atoms with Gasteiger partial charge in [-0.25, -0.2) is 4.98 Å². The normalized spacial score (nSPS) is 14.8. The lowest BCUT2D eigenvalue weighted by Crippen LogP contribution is -2.32. The lowest BCUT2D eigenvalue weighted by atomic mass is 10.2. The minimum atomic E-state index is -0.851. The average molecular weight is 287 g/mol. The fourth-order valence-electron chi connectivity index (χ4n) is 2.53. The van der Waals surface area contributed by atoms with Crippen LogP contribution in [0, 0.1) is 6.92 Å². The summed E-state index contributed by atoms with van der Waals surface area (Å²) in [5.74, 6) is -0.851. The van der Waals surface area contributed by atoms with Gasteiger partial charge in [0.2, 0.25) is 0 Å². The summed E-state index contributed by atoms with van der Waals surface area (Å²) in [5.41, 5.74) is 2.05. The summed E-state index contributed by atoms with van der Waals surface area (Å²) in [7, 11) is 0. The summed E-state index contributed by atoms with van der Waals surface area (Å²) in [6.07, 6.45) is 3.72. The van der Waals surface area contributed by atoms with Crippen LogP contribution in [0.1, 0.15) is 24.1 Å². The lowest BCUT2D eigenvalue weighted by Gasteiger charge is -2.19. The smallest absolute Gasteiger partial charge is 0.317 e. The molecule has 0 atom stereocenters. The zero-order chi connectivity index (χ0) is 15.0. The molecular weight excluding hydrogens is 270 g/mol. The Morgan fingerprint density at radius 1 is 1.52 bits per heavy atom. The number of carboxylic acids is 1. The van der Waals surface area contributed by atoms with Crippen LogP contribution in [0.2, 0.25) is 0 Å². The number of pyridine rings is 1. The van der Waals surface area contributed by atoms with Gasteiger partial charge in [-0.15, -0.1) is 0 Å². The predicted molar refractivity (Wildman–Crippen MR) is 77.3 cm³/mol. The maximum Gasteiger partial charge on any atom is 0.317 e. The van der Waals surface area contributed by atoms with E-state index in [0.717, 1.165) is 18.4 Å². The van der Waals surface area contributed by atoms with E-state index in [0.29, 0.717) is 23.9 Å². The third-order valence-corrected chi connectivity index (χ3v) is 3.71. The van der Waals surface area contributed by atoms with Crippen LogP contribution in [-0.2, 0) is 11.3 Å². The van der Waals surface area contributed by atoms with E-state index in [2.05, 4.69) is 4.98 Å². The number of rotatable bonds is 5. The van der Waals surface area contributed by atoms with Crippen molar-refractivity contribution in [2.24, 2.45) is 0 Å². The molecule has 0 aliphatic heterocycles. The van der Waals surface area contributed by atoms with Crippen molar-refractivity contribution >= 4 is 11.6 Å². The number of nitrogens with zero attached hydrogens (tertiary/aromatic N) is 3. The molecule has 1 saturated carbocycles. The van der Waals surface area contributed by atoms with Gasteiger partial charge in [0.15, 0.2) is 0 Å². The van der Waals surface area contributed by atoms with Gasteiger partial charge < -0.3 is 5.11 Å². The fraction of sp³-hybridized carbons (Fsp3) is 0.400. The van der Waals surface area contributed by atoms with E-state index < -0.39 is 5.97 Å². The largest absolute Gasteiger partial charge is 0.480 e. The topological polar surface area (TPSA) is 74.9 Å². The monoisotopic (exact) mass is 287 g/mol. The van der Waals surface area contributed by atoms with E-state index in [9.17, 15) is 9.59 Å². The van der Waals surface area contributed by atoms with Crippen LogP contribution in [0.5, 0.6) is 0 Å². The van der Waals surface area contributed by atoms with E-state index in [1.807, 2.05) is 24.0 Å². The lowest BCUT2D eigenvalue weighted by molar-refractivity contribution is -0.138. The number of hydrogen-bond donors (Lipinski definition) is 1. The predicted octanol–water partition coefficient (Wildman–Crippen LogP) is 1.05. The third-order valence-electron chi connectivity index (χ3n) is 3.71. The van der Waals surface area contributed by atoms with Crippen molar-refractivity contribution in [2.75, 3.05) is 6.54 Å². The van der Waals surface area contributed by atoms with Gasteiger partial charge in [-0.1, -0.05) is 6.07 Å². The minimum absolute atomic E-state index is 0.0144. The van der Waals surface area contributed by atoms with Gasteiger partial charge in [-0.05, 0) is 31.4 Å². The molecule has 0 bridgehead atoms. The Morgan fingerprint density at radius 2 is 2.29 bits per heavy atom. The highest BCUT2D eigenvalue weighted by Crippen LogP contribution is 2.27. The summed E-state index contributed by atoms with van der Waals surface area (Å²) in [4.78, 5) is 29.5. The number of aliphatic carboxylic acids is 1. The summed E-state index contributed by atoms with van der Waals surface area (Å²) in [5, 5.41) is 8.98. The minimum Gasteiger partial charge on any atom is -0.480 e. The molecule has 1 N–H and O–H groups in total. The number of fused-ring (bicyclic) bond motifs is 1. The molecule has 3 rings (SSSR count). The van der Waals surface area contributed by atoms with E-state index in [1.54, 1.807) is 6.20 Å². The van der Waals surface area contributed by atoms with E-state index >= 15 is 0 Å². The van der Waals surface area contributed by atoms with Gasteiger partial charge in [0.05, 0.1) is 12.2 Å². The standard InChI is InChI=1S/C15H17N3O3/c1-10-3-2-6-18-13(19)7-11(16-15(10)18)8-17(9-14(20)21)12-4-5-12/h2-3,6-7,12H,4-5,8-9H2,1H3,(H,20,21). The average Bonchev–Trinajstić information content (AvgIpc) is 3.23. The summed E-state index contributed by atoms with van der Waals surface area (Å²) < 4.78 is 1.51. The molecule has 1 aliphatic carbocycles. The van der Waals surface area contributed by atoms with Crippen molar-refractivity contribution in [3.8, 4) is 0 Å². The number of carbonyl (C=O) groups is 1. The number of aryl methyl sites for hydroxylation is 1. The Labute approximate surface area is 121 Å². The number of aromatic nitrogens is 2. The highest BCUT2D eigenvalue weighted by molar-refractivity contribution is 5.69. The molecule has 6 heteroatoms. The first-order chi connectivity index (χ1) is 10.0. The molecule has 110 valence electrons. The summed E-state index contributed by atoms with van der Waals surface area (Å²) >= 11 is 0. The first-order valence-electron chi connectivity index (χ1n) is 6.98. The van der Waals surface area contributed by atoms with Gasteiger partial charge in [0.1, 0.15) is 5.65 Å². The van der Waals surface area contributed by atoms with Gasteiger partial charge in [-0.3, -0.25) is 18.9 Å². The second-order valence-electron chi connectivity index (χ2n) is 5.50. The van der Waals surface area contributed by atoms with Crippen LogP contribution in [0.25, 0.3) is 5.65 Å². The molecule has 0 radical (unpaired) electrons. The van der Waals surface area contributed by atoms with Crippen molar-refractivity contribution in [1.29, 1.82) is 0 Å².